The minimum atomic E-state index is -4.61. The van der Waals surface area contributed by atoms with E-state index in [1.54, 1.807) is 6.07 Å². The number of alkyl halides is 3. The van der Waals surface area contributed by atoms with Gasteiger partial charge in [0.25, 0.3) is 5.56 Å². The van der Waals surface area contributed by atoms with Crippen LogP contribution < -0.4 is 5.56 Å². The maximum atomic E-state index is 12.4. The van der Waals surface area contributed by atoms with Gasteiger partial charge in [-0.2, -0.15) is 18.4 Å². The first-order valence-electron chi connectivity index (χ1n) is 5.11. The van der Waals surface area contributed by atoms with Crippen LogP contribution in [0.4, 0.5) is 13.2 Å². The Morgan fingerprint density at radius 3 is 2.68 bits per heavy atom. The van der Waals surface area contributed by atoms with Gasteiger partial charge in [0.05, 0.1) is 5.56 Å². The van der Waals surface area contributed by atoms with Crippen molar-refractivity contribution in [3.05, 3.63) is 34.2 Å². The zero-order valence-electron chi connectivity index (χ0n) is 9.77. The third kappa shape index (κ3) is 4.13. The monoisotopic (exact) mass is 274 g/mol. The molecule has 0 saturated carbocycles. The van der Waals surface area contributed by atoms with Gasteiger partial charge in [-0.05, 0) is 13.0 Å². The highest BCUT2D eigenvalue weighted by molar-refractivity contribution is 5.69. The van der Waals surface area contributed by atoms with E-state index in [0.29, 0.717) is 22.9 Å². The molecule has 19 heavy (non-hydrogen) atoms. The summed E-state index contributed by atoms with van der Waals surface area (Å²) >= 11 is 0. The van der Waals surface area contributed by atoms with Gasteiger partial charge in [-0.25, -0.2) is 0 Å². The molecule has 0 aromatic carbocycles. The van der Waals surface area contributed by atoms with Crippen molar-refractivity contribution in [2.75, 3.05) is 0 Å². The first-order chi connectivity index (χ1) is 8.74. The number of nitriles is 1. The average molecular weight is 274 g/mol. The molecular weight excluding hydrogens is 265 g/mol. The van der Waals surface area contributed by atoms with Gasteiger partial charge in [-0.15, -0.1) is 0 Å². The highest BCUT2D eigenvalue weighted by atomic mass is 19.4. The molecule has 102 valence electrons. The van der Waals surface area contributed by atoms with E-state index in [1.807, 2.05) is 0 Å². The summed E-state index contributed by atoms with van der Waals surface area (Å²) < 4.78 is 42.4. The number of ether oxygens (including phenoxy) is 1. The Bertz CT molecular complexity index is 572. The molecule has 0 radical (unpaired) electrons. The highest BCUT2D eigenvalue weighted by Crippen LogP contribution is 2.27. The fraction of sp³-hybridized carbons (Fsp3) is 0.364. The number of pyridine rings is 1. The van der Waals surface area contributed by atoms with Crippen molar-refractivity contribution in [1.82, 2.24) is 4.57 Å². The number of nitrogens with zero attached hydrogens (tertiary/aromatic N) is 2. The maximum absolute atomic E-state index is 12.4. The lowest BCUT2D eigenvalue weighted by molar-refractivity contribution is -0.147. The van der Waals surface area contributed by atoms with Gasteiger partial charge in [0, 0.05) is 12.3 Å². The lowest BCUT2D eigenvalue weighted by Crippen LogP contribution is -2.27. The van der Waals surface area contributed by atoms with Crippen molar-refractivity contribution in [3.8, 4) is 6.07 Å². The smallest absolute Gasteiger partial charge is 0.417 e. The molecule has 0 N–H and O–H groups in total. The van der Waals surface area contributed by atoms with E-state index >= 15 is 0 Å². The van der Waals surface area contributed by atoms with E-state index in [4.69, 9.17) is 5.26 Å². The second-order valence-electron chi connectivity index (χ2n) is 3.64. The molecule has 0 amide bonds. The summed E-state index contributed by atoms with van der Waals surface area (Å²) in [5, 5.41) is 8.41. The molecule has 1 atom stereocenters. The third-order valence-electron chi connectivity index (χ3n) is 2.10. The Morgan fingerprint density at radius 1 is 1.53 bits per heavy atom. The van der Waals surface area contributed by atoms with Gasteiger partial charge in [0.15, 0.2) is 6.10 Å². The lowest BCUT2D eigenvalue weighted by atomic mass is 10.3. The number of aromatic nitrogens is 1. The number of hydrogen-bond acceptors (Lipinski definition) is 4. The Hall–Kier alpha value is -2.30. The SMILES string of the molecule is CC(C#N)OC(=O)Cn1cc(C(F)(F)F)ccc1=O. The van der Waals surface area contributed by atoms with Crippen LogP contribution in [0.2, 0.25) is 0 Å². The van der Waals surface area contributed by atoms with E-state index in [9.17, 15) is 22.8 Å². The van der Waals surface area contributed by atoms with Crippen molar-refractivity contribution in [2.45, 2.75) is 25.7 Å². The van der Waals surface area contributed by atoms with Crippen molar-refractivity contribution in [3.63, 3.8) is 0 Å². The van der Waals surface area contributed by atoms with E-state index in [1.165, 1.54) is 6.92 Å². The fourth-order valence-corrected chi connectivity index (χ4v) is 1.22. The molecule has 0 fully saturated rings. The van der Waals surface area contributed by atoms with Gasteiger partial charge in [0.2, 0.25) is 0 Å². The van der Waals surface area contributed by atoms with Crippen LogP contribution in [0.1, 0.15) is 12.5 Å². The molecule has 1 aromatic rings. The zero-order valence-corrected chi connectivity index (χ0v) is 9.77. The van der Waals surface area contributed by atoms with Crippen LogP contribution in [-0.2, 0) is 22.3 Å². The predicted molar refractivity (Wildman–Crippen MR) is 56.9 cm³/mol. The average Bonchev–Trinajstić information content (AvgIpc) is 2.30. The van der Waals surface area contributed by atoms with Crippen LogP contribution in [-0.4, -0.2) is 16.6 Å². The lowest BCUT2D eigenvalue weighted by Gasteiger charge is -2.11. The van der Waals surface area contributed by atoms with Crippen LogP contribution in [0.25, 0.3) is 0 Å². The number of esters is 1. The van der Waals surface area contributed by atoms with E-state index in [-0.39, 0.29) is 0 Å². The first kappa shape index (κ1) is 14.8. The molecule has 8 heteroatoms. The summed E-state index contributed by atoms with van der Waals surface area (Å²) in [5.41, 5.74) is -1.82. The van der Waals surface area contributed by atoms with Crippen LogP contribution in [0, 0.1) is 11.3 Å². The number of halogens is 3. The summed E-state index contributed by atoms with van der Waals surface area (Å²) in [6.07, 6.45) is -5.12. The molecule has 0 aliphatic rings. The second kappa shape index (κ2) is 5.56. The van der Waals surface area contributed by atoms with Gasteiger partial charge < -0.3 is 9.30 Å². The molecule has 1 heterocycles. The number of carbonyl (C=O) groups excluding carboxylic acids is 1. The summed E-state index contributed by atoms with van der Waals surface area (Å²) in [6.45, 7) is 0.613. The van der Waals surface area contributed by atoms with Gasteiger partial charge in [-0.1, -0.05) is 0 Å². The number of rotatable bonds is 3. The molecule has 0 bridgehead atoms. The Morgan fingerprint density at radius 2 is 2.16 bits per heavy atom. The first-order valence-corrected chi connectivity index (χ1v) is 5.11. The second-order valence-corrected chi connectivity index (χ2v) is 3.64. The van der Waals surface area contributed by atoms with E-state index in [2.05, 4.69) is 4.74 Å². The molecule has 5 nitrogen and oxygen atoms in total. The highest BCUT2D eigenvalue weighted by Gasteiger charge is 2.31. The summed E-state index contributed by atoms with van der Waals surface area (Å²) in [7, 11) is 0. The van der Waals surface area contributed by atoms with Crippen molar-refractivity contribution >= 4 is 5.97 Å². The number of hydrogen-bond donors (Lipinski definition) is 0. The van der Waals surface area contributed by atoms with Gasteiger partial charge in [0.1, 0.15) is 12.6 Å². The molecule has 1 rings (SSSR count). The third-order valence-corrected chi connectivity index (χ3v) is 2.10. The minimum Gasteiger partial charge on any atom is -0.446 e. The van der Waals surface area contributed by atoms with Crippen molar-refractivity contribution in [1.29, 1.82) is 5.26 Å². The maximum Gasteiger partial charge on any atom is 0.417 e. The molecular formula is C11H9F3N2O3. The fourth-order valence-electron chi connectivity index (χ4n) is 1.22. The Kier molecular flexibility index (Phi) is 4.32. The molecule has 0 aliphatic carbocycles. The Balaban J connectivity index is 2.93. The molecule has 1 aromatic heterocycles. The van der Waals surface area contributed by atoms with E-state index in [0.717, 1.165) is 0 Å². The molecule has 0 spiro atoms. The van der Waals surface area contributed by atoms with Crippen LogP contribution in [0.15, 0.2) is 23.1 Å². The standard InChI is InChI=1S/C11H9F3N2O3/c1-7(4-15)19-10(18)6-16-5-8(11(12,13)14)2-3-9(16)17/h2-3,5,7H,6H2,1H3. The van der Waals surface area contributed by atoms with Gasteiger partial charge >= 0.3 is 12.1 Å². The molecule has 1 unspecified atom stereocenters. The molecule has 0 saturated heterocycles. The summed E-state index contributed by atoms with van der Waals surface area (Å²) in [5.74, 6) is -0.963. The summed E-state index contributed by atoms with van der Waals surface area (Å²) in [4.78, 5) is 22.6. The van der Waals surface area contributed by atoms with Gasteiger partial charge in [-0.3, -0.25) is 9.59 Å². The van der Waals surface area contributed by atoms with Crippen molar-refractivity contribution in [2.24, 2.45) is 0 Å². The zero-order chi connectivity index (χ0) is 14.6. The quantitative estimate of drug-likeness (QED) is 0.779. The summed E-state index contributed by atoms with van der Waals surface area (Å²) in [6, 6.07) is 2.96. The van der Waals surface area contributed by atoms with Crippen molar-refractivity contribution < 1.29 is 22.7 Å². The largest absolute Gasteiger partial charge is 0.446 e. The van der Waals surface area contributed by atoms with Crippen LogP contribution >= 0.6 is 0 Å². The van der Waals surface area contributed by atoms with Crippen LogP contribution in [0.5, 0.6) is 0 Å². The molecule has 0 aliphatic heterocycles. The van der Waals surface area contributed by atoms with Crippen LogP contribution in [0.3, 0.4) is 0 Å². The van der Waals surface area contributed by atoms with E-state index < -0.39 is 35.9 Å². The topological polar surface area (TPSA) is 72.1 Å². The minimum absolute atomic E-state index is 0.528. The Labute approximate surface area is 105 Å². The number of carbonyl (C=O) groups is 1. The predicted octanol–water partition coefficient (Wildman–Crippen LogP) is 1.32. The normalized spacial score (nSPS) is 12.6.